The molecule has 0 aliphatic carbocycles. The Bertz CT molecular complexity index is 462. The van der Waals surface area contributed by atoms with Gasteiger partial charge in [-0.25, -0.2) is 4.98 Å². The number of hydrogen-bond acceptors (Lipinski definition) is 3. The van der Waals surface area contributed by atoms with Crippen molar-refractivity contribution in [3.63, 3.8) is 0 Å². The fourth-order valence-electron chi connectivity index (χ4n) is 1.58. The van der Waals surface area contributed by atoms with Crippen LogP contribution in [-0.4, -0.2) is 21.1 Å². The van der Waals surface area contributed by atoms with Crippen LogP contribution >= 0.6 is 0 Å². The van der Waals surface area contributed by atoms with E-state index in [0.29, 0.717) is 0 Å². The van der Waals surface area contributed by atoms with Crippen LogP contribution in [0.5, 0.6) is 0 Å². The highest BCUT2D eigenvalue weighted by molar-refractivity contribution is 5.48. The van der Waals surface area contributed by atoms with E-state index in [9.17, 15) is 0 Å². The van der Waals surface area contributed by atoms with E-state index in [1.54, 1.807) is 6.20 Å². The molecule has 0 saturated heterocycles. The fraction of sp³-hybridized carbons (Fsp3) is 0.333. The lowest BCUT2D eigenvalue weighted by atomic mass is 10.3. The first-order valence-corrected chi connectivity index (χ1v) is 5.50. The molecule has 4 nitrogen and oxygen atoms in total. The first-order chi connectivity index (χ1) is 7.81. The standard InChI is InChI=1S/C12H16N4/c1-3-4-15-11-7-12(9-13-8-11)16-6-5-14-10(16)2/h5-9,15H,3-4H2,1-2H3. The maximum atomic E-state index is 4.22. The van der Waals surface area contributed by atoms with Crippen molar-refractivity contribution in [3.05, 3.63) is 36.7 Å². The minimum atomic E-state index is 0.966. The van der Waals surface area contributed by atoms with Crippen molar-refractivity contribution in [3.8, 4) is 5.69 Å². The first kappa shape index (κ1) is 10.7. The third-order valence-electron chi connectivity index (χ3n) is 2.41. The number of pyridine rings is 1. The van der Waals surface area contributed by atoms with E-state index in [1.165, 1.54) is 0 Å². The van der Waals surface area contributed by atoms with Crippen LogP contribution in [0.15, 0.2) is 30.9 Å². The van der Waals surface area contributed by atoms with Crippen molar-refractivity contribution >= 4 is 5.69 Å². The lowest BCUT2D eigenvalue weighted by Crippen LogP contribution is -2.02. The van der Waals surface area contributed by atoms with Gasteiger partial charge in [-0.2, -0.15) is 0 Å². The van der Waals surface area contributed by atoms with Gasteiger partial charge in [0.05, 0.1) is 23.8 Å². The minimum Gasteiger partial charge on any atom is -0.384 e. The van der Waals surface area contributed by atoms with Crippen LogP contribution in [0.1, 0.15) is 19.2 Å². The van der Waals surface area contributed by atoms with Gasteiger partial charge >= 0.3 is 0 Å². The van der Waals surface area contributed by atoms with E-state index in [1.807, 2.05) is 30.1 Å². The summed E-state index contributed by atoms with van der Waals surface area (Å²) in [6.07, 6.45) is 8.52. The molecule has 0 fully saturated rings. The Morgan fingerprint density at radius 3 is 2.94 bits per heavy atom. The molecule has 2 rings (SSSR count). The van der Waals surface area contributed by atoms with E-state index < -0.39 is 0 Å². The largest absolute Gasteiger partial charge is 0.384 e. The van der Waals surface area contributed by atoms with E-state index in [-0.39, 0.29) is 0 Å². The predicted octanol–water partition coefficient (Wildman–Crippen LogP) is 2.40. The third-order valence-corrected chi connectivity index (χ3v) is 2.41. The molecule has 16 heavy (non-hydrogen) atoms. The van der Waals surface area contributed by atoms with Crippen molar-refractivity contribution in [2.45, 2.75) is 20.3 Å². The Morgan fingerprint density at radius 1 is 1.38 bits per heavy atom. The van der Waals surface area contributed by atoms with Gasteiger partial charge in [0.1, 0.15) is 5.82 Å². The second-order valence-corrected chi connectivity index (χ2v) is 3.70. The average molecular weight is 216 g/mol. The Kier molecular flexibility index (Phi) is 3.19. The van der Waals surface area contributed by atoms with Crippen molar-refractivity contribution in [2.24, 2.45) is 0 Å². The van der Waals surface area contributed by atoms with Gasteiger partial charge in [-0.15, -0.1) is 0 Å². The van der Waals surface area contributed by atoms with Crippen molar-refractivity contribution in [1.29, 1.82) is 0 Å². The second kappa shape index (κ2) is 4.79. The highest BCUT2D eigenvalue weighted by atomic mass is 15.1. The Hall–Kier alpha value is -1.84. The molecule has 0 aromatic carbocycles. The summed E-state index contributed by atoms with van der Waals surface area (Å²) in [6.45, 7) is 5.09. The van der Waals surface area contributed by atoms with Crippen LogP contribution in [0.3, 0.4) is 0 Å². The lowest BCUT2D eigenvalue weighted by Gasteiger charge is -2.08. The molecular formula is C12H16N4. The summed E-state index contributed by atoms with van der Waals surface area (Å²) >= 11 is 0. The topological polar surface area (TPSA) is 42.7 Å². The number of nitrogens with one attached hydrogen (secondary N) is 1. The van der Waals surface area contributed by atoms with Crippen molar-refractivity contribution in [1.82, 2.24) is 14.5 Å². The molecule has 0 atom stereocenters. The number of aromatic nitrogens is 3. The lowest BCUT2D eigenvalue weighted by molar-refractivity contribution is 0.955. The highest BCUT2D eigenvalue weighted by Crippen LogP contribution is 2.14. The van der Waals surface area contributed by atoms with Gasteiger partial charge in [-0.1, -0.05) is 6.92 Å². The Labute approximate surface area is 95.4 Å². The Balaban J connectivity index is 2.26. The highest BCUT2D eigenvalue weighted by Gasteiger charge is 2.01. The van der Waals surface area contributed by atoms with E-state index in [4.69, 9.17) is 0 Å². The molecule has 2 aromatic heterocycles. The molecule has 0 spiro atoms. The zero-order valence-corrected chi connectivity index (χ0v) is 9.64. The van der Waals surface area contributed by atoms with Crippen molar-refractivity contribution in [2.75, 3.05) is 11.9 Å². The maximum Gasteiger partial charge on any atom is 0.110 e. The molecule has 4 heteroatoms. The quantitative estimate of drug-likeness (QED) is 0.853. The molecular weight excluding hydrogens is 200 g/mol. The summed E-state index contributed by atoms with van der Waals surface area (Å²) in [7, 11) is 0. The van der Waals surface area contributed by atoms with Crippen LogP contribution in [0, 0.1) is 6.92 Å². The van der Waals surface area contributed by atoms with Gasteiger partial charge in [0.2, 0.25) is 0 Å². The molecule has 1 N–H and O–H groups in total. The smallest absolute Gasteiger partial charge is 0.110 e. The van der Waals surface area contributed by atoms with E-state index in [0.717, 1.165) is 30.2 Å². The van der Waals surface area contributed by atoms with Gasteiger partial charge in [0, 0.05) is 18.9 Å². The zero-order chi connectivity index (χ0) is 11.4. The summed E-state index contributed by atoms with van der Waals surface area (Å²) in [5, 5.41) is 3.32. The summed E-state index contributed by atoms with van der Waals surface area (Å²) in [5.41, 5.74) is 2.09. The monoisotopic (exact) mass is 216 g/mol. The third kappa shape index (κ3) is 2.21. The summed E-state index contributed by atoms with van der Waals surface area (Å²) in [4.78, 5) is 8.42. The van der Waals surface area contributed by atoms with E-state index >= 15 is 0 Å². The van der Waals surface area contributed by atoms with Gasteiger partial charge < -0.3 is 9.88 Å². The molecule has 0 unspecified atom stereocenters. The van der Waals surface area contributed by atoms with Gasteiger partial charge in [0.15, 0.2) is 0 Å². The molecule has 0 aliphatic rings. The molecule has 84 valence electrons. The first-order valence-electron chi connectivity index (χ1n) is 5.50. The normalized spacial score (nSPS) is 10.4. The molecule has 0 aliphatic heterocycles. The van der Waals surface area contributed by atoms with Crippen LogP contribution in [-0.2, 0) is 0 Å². The fourth-order valence-corrected chi connectivity index (χ4v) is 1.58. The number of hydrogen-bond donors (Lipinski definition) is 1. The number of imidazole rings is 1. The van der Waals surface area contributed by atoms with Gasteiger partial charge in [0.25, 0.3) is 0 Å². The molecule has 0 amide bonds. The van der Waals surface area contributed by atoms with Gasteiger partial charge in [-0.05, 0) is 19.4 Å². The summed E-state index contributed by atoms with van der Waals surface area (Å²) in [5.74, 6) is 0.967. The van der Waals surface area contributed by atoms with Crippen LogP contribution < -0.4 is 5.32 Å². The molecule has 0 saturated carbocycles. The van der Waals surface area contributed by atoms with Crippen molar-refractivity contribution < 1.29 is 0 Å². The predicted molar refractivity (Wildman–Crippen MR) is 64.9 cm³/mol. The second-order valence-electron chi connectivity index (χ2n) is 3.70. The zero-order valence-electron chi connectivity index (χ0n) is 9.64. The maximum absolute atomic E-state index is 4.22. The summed E-state index contributed by atoms with van der Waals surface area (Å²) in [6, 6.07) is 2.08. The number of aryl methyl sites for hydroxylation is 1. The molecule has 0 radical (unpaired) electrons. The SMILES string of the molecule is CCCNc1cncc(-n2ccnc2C)c1. The summed E-state index contributed by atoms with van der Waals surface area (Å²) < 4.78 is 2.02. The number of anilines is 1. The number of nitrogens with zero attached hydrogens (tertiary/aromatic N) is 3. The van der Waals surface area contributed by atoms with Crippen LogP contribution in [0.25, 0.3) is 5.69 Å². The molecule has 2 heterocycles. The molecule has 0 bridgehead atoms. The van der Waals surface area contributed by atoms with E-state index in [2.05, 4.69) is 28.3 Å². The van der Waals surface area contributed by atoms with Gasteiger partial charge in [-0.3, -0.25) is 4.98 Å². The molecule has 2 aromatic rings. The Morgan fingerprint density at radius 2 is 2.25 bits per heavy atom. The number of rotatable bonds is 4. The van der Waals surface area contributed by atoms with Crippen LogP contribution in [0.4, 0.5) is 5.69 Å². The van der Waals surface area contributed by atoms with Crippen LogP contribution in [0.2, 0.25) is 0 Å². The minimum absolute atomic E-state index is 0.966. The average Bonchev–Trinajstić information content (AvgIpc) is 2.73.